The summed E-state index contributed by atoms with van der Waals surface area (Å²) in [6.45, 7) is 3.00. The average Bonchev–Trinajstić information content (AvgIpc) is 3.19. The van der Waals surface area contributed by atoms with Crippen LogP contribution < -0.4 is 0 Å². The van der Waals surface area contributed by atoms with Crippen LogP contribution in [0, 0.1) is 0 Å². The van der Waals surface area contributed by atoms with E-state index in [1.54, 1.807) is 0 Å². The van der Waals surface area contributed by atoms with Gasteiger partial charge in [0.2, 0.25) is 0 Å². The summed E-state index contributed by atoms with van der Waals surface area (Å²) >= 11 is 0. The summed E-state index contributed by atoms with van der Waals surface area (Å²) in [6, 6.07) is 31.0. The maximum Gasteiger partial charge on any atom is 0.103 e. The van der Waals surface area contributed by atoms with E-state index in [-0.39, 0.29) is 30.4 Å². The third kappa shape index (κ3) is 6.18. The Morgan fingerprint density at radius 3 is 1.77 bits per heavy atom. The number of hydrogen-bond donors (Lipinski definition) is 1. The van der Waals surface area contributed by atoms with Gasteiger partial charge in [0.1, 0.15) is 12.2 Å². The lowest BCUT2D eigenvalue weighted by Crippen LogP contribution is -2.48. The molecular formula is C30H35NO4. The predicted octanol–water partition coefficient (Wildman–Crippen LogP) is 4.58. The molecule has 184 valence electrons. The fourth-order valence-corrected chi connectivity index (χ4v) is 5.36. The predicted molar refractivity (Wildman–Crippen MR) is 136 cm³/mol. The molecule has 0 radical (unpaired) electrons. The maximum absolute atomic E-state index is 10.5. The molecule has 2 aliphatic heterocycles. The molecule has 35 heavy (non-hydrogen) atoms. The lowest BCUT2D eigenvalue weighted by Gasteiger charge is -2.37. The van der Waals surface area contributed by atoms with Gasteiger partial charge in [-0.25, -0.2) is 0 Å². The number of aliphatic hydroxyl groups excluding tert-OH is 1. The van der Waals surface area contributed by atoms with Gasteiger partial charge in [-0.3, -0.25) is 4.90 Å². The highest BCUT2D eigenvalue weighted by Gasteiger charge is 2.52. The Morgan fingerprint density at radius 1 is 0.686 bits per heavy atom. The second-order valence-corrected chi connectivity index (χ2v) is 9.57. The monoisotopic (exact) mass is 473 g/mol. The summed E-state index contributed by atoms with van der Waals surface area (Å²) < 4.78 is 19.4. The molecule has 2 fully saturated rings. The number of benzene rings is 3. The van der Waals surface area contributed by atoms with Crippen LogP contribution in [-0.2, 0) is 34.0 Å². The first-order chi connectivity index (χ1) is 17.3. The van der Waals surface area contributed by atoms with E-state index in [0.717, 1.165) is 29.7 Å². The van der Waals surface area contributed by atoms with E-state index in [0.29, 0.717) is 32.8 Å². The van der Waals surface area contributed by atoms with Crippen LogP contribution in [0.1, 0.15) is 29.5 Å². The molecule has 3 aromatic rings. The van der Waals surface area contributed by atoms with Gasteiger partial charge < -0.3 is 19.3 Å². The number of hydrogen-bond acceptors (Lipinski definition) is 5. The van der Waals surface area contributed by atoms with Crippen molar-refractivity contribution in [3.8, 4) is 0 Å². The van der Waals surface area contributed by atoms with Crippen molar-refractivity contribution in [2.45, 2.75) is 63.1 Å². The van der Waals surface area contributed by atoms with Crippen molar-refractivity contribution in [2.75, 3.05) is 13.2 Å². The summed E-state index contributed by atoms with van der Waals surface area (Å²) in [5.41, 5.74) is 3.44. The van der Waals surface area contributed by atoms with Gasteiger partial charge in [-0.2, -0.15) is 0 Å². The minimum absolute atomic E-state index is 0.0701. The number of fused-ring (bicyclic) bond motifs is 1. The van der Waals surface area contributed by atoms with E-state index >= 15 is 0 Å². The summed E-state index contributed by atoms with van der Waals surface area (Å²) in [7, 11) is 0. The van der Waals surface area contributed by atoms with Crippen molar-refractivity contribution in [2.24, 2.45) is 0 Å². The molecule has 3 aromatic carbocycles. The first kappa shape index (κ1) is 24.2. The highest BCUT2D eigenvalue weighted by atomic mass is 16.5. The second-order valence-electron chi connectivity index (χ2n) is 9.57. The van der Waals surface area contributed by atoms with Crippen molar-refractivity contribution in [3.05, 3.63) is 108 Å². The molecule has 0 spiro atoms. The van der Waals surface area contributed by atoms with E-state index < -0.39 is 0 Å². The Bertz CT molecular complexity index is 1020. The molecule has 5 heteroatoms. The van der Waals surface area contributed by atoms with Crippen LogP contribution in [0.15, 0.2) is 91.0 Å². The molecule has 1 N–H and O–H groups in total. The van der Waals surface area contributed by atoms with Gasteiger partial charge in [-0.05, 0) is 29.5 Å². The quantitative estimate of drug-likeness (QED) is 0.467. The minimum Gasteiger partial charge on any atom is -0.393 e. The topological polar surface area (TPSA) is 51.2 Å². The Kier molecular flexibility index (Phi) is 8.24. The Hall–Kier alpha value is -2.54. The molecule has 0 aromatic heterocycles. The third-order valence-corrected chi connectivity index (χ3v) is 7.14. The molecule has 0 amide bonds. The number of rotatable bonds is 10. The largest absolute Gasteiger partial charge is 0.393 e. The van der Waals surface area contributed by atoms with Gasteiger partial charge in [0, 0.05) is 12.6 Å². The molecule has 0 unspecified atom stereocenters. The molecule has 0 bridgehead atoms. The normalized spacial score (nSPS) is 26.5. The molecule has 5 nitrogen and oxygen atoms in total. The molecule has 5 rings (SSSR count). The van der Waals surface area contributed by atoms with Crippen LogP contribution >= 0.6 is 0 Å². The molecular weight excluding hydrogens is 438 g/mol. The number of aliphatic hydroxyl groups is 1. The SMILES string of the molecule is O[C@H]1CCN2[C@H](COCc3ccccc3)[C@@H](OCc3ccccc3)[C@H](OCc3ccccc3)[C@H]2C1. The highest BCUT2D eigenvalue weighted by molar-refractivity contribution is 5.16. The Morgan fingerprint density at radius 2 is 1.20 bits per heavy atom. The van der Waals surface area contributed by atoms with Crippen molar-refractivity contribution < 1.29 is 19.3 Å². The van der Waals surface area contributed by atoms with Crippen molar-refractivity contribution >= 4 is 0 Å². The lowest BCUT2D eigenvalue weighted by molar-refractivity contribution is -0.0880. The molecule has 0 aliphatic carbocycles. The van der Waals surface area contributed by atoms with Crippen molar-refractivity contribution in [1.29, 1.82) is 0 Å². The fraction of sp³-hybridized carbons (Fsp3) is 0.400. The first-order valence-corrected chi connectivity index (χ1v) is 12.6. The van der Waals surface area contributed by atoms with Crippen LogP contribution in [0.25, 0.3) is 0 Å². The molecule has 2 heterocycles. The number of piperidine rings is 1. The lowest BCUT2D eigenvalue weighted by atomic mass is 9.97. The Balaban J connectivity index is 1.34. The van der Waals surface area contributed by atoms with Gasteiger partial charge >= 0.3 is 0 Å². The summed E-state index contributed by atoms with van der Waals surface area (Å²) in [5.74, 6) is 0. The second kappa shape index (κ2) is 11.9. The van der Waals surface area contributed by atoms with E-state index in [1.807, 2.05) is 54.6 Å². The van der Waals surface area contributed by atoms with E-state index in [9.17, 15) is 5.11 Å². The summed E-state index contributed by atoms with van der Waals surface area (Å²) in [4.78, 5) is 2.46. The maximum atomic E-state index is 10.5. The van der Waals surface area contributed by atoms with Gasteiger partial charge in [0.05, 0.1) is 38.6 Å². The summed E-state index contributed by atoms with van der Waals surface area (Å²) in [5, 5.41) is 10.5. The smallest absolute Gasteiger partial charge is 0.103 e. The van der Waals surface area contributed by atoms with Crippen LogP contribution in [-0.4, -0.2) is 53.6 Å². The van der Waals surface area contributed by atoms with E-state index in [2.05, 4.69) is 41.3 Å². The average molecular weight is 474 g/mol. The van der Waals surface area contributed by atoms with Crippen LogP contribution in [0.5, 0.6) is 0 Å². The van der Waals surface area contributed by atoms with Crippen LogP contribution in [0.3, 0.4) is 0 Å². The summed E-state index contributed by atoms with van der Waals surface area (Å²) in [6.07, 6.45) is 0.865. The Labute approximate surface area is 208 Å². The van der Waals surface area contributed by atoms with Gasteiger partial charge in [-0.15, -0.1) is 0 Å². The highest BCUT2D eigenvalue weighted by Crippen LogP contribution is 2.37. The van der Waals surface area contributed by atoms with Crippen LogP contribution in [0.4, 0.5) is 0 Å². The van der Waals surface area contributed by atoms with Gasteiger partial charge in [0.25, 0.3) is 0 Å². The van der Waals surface area contributed by atoms with Crippen molar-refractivity contribution in [1.82, 2.24) is 4.90 Å². The zero-order chi connectivity index (χ0) is 23.9. The van der Waals surface area contributed by atoms with E-state index in [4.69, 9.17) is 14.2 Å². The minimum atomic E-state index is -0.308. The molecule has 5 atom stereocenters. The molecule has 0 saturated carbocycles. The van der Waals surface area contributed by atoms with E-state index in [1.165, 1.54) is 0 Å². The van der Waals surface area contributed by atoms with Crippen molar-refractivity contribution in [3.63, 3.8) is 0 Å². The molecule has 2 saturated heterocycles. The standard InChI is InChI=1S/C30H35NO4/c32-26-16-17-31-27(18-26)29(34-20-24-12-6-2-7-13-24)30(35-21-25-14-8-3-9-15-25)28(31)22-33-19-23-10-4-1-5-11-23/h1-15,26-30,32H,16-22H2/t26-,27+,28+,29+,30+/m0/s1. The number of ether oxygens (including phenoxy) is 3. The fourth-order valence-electron chi connectivity index (χ4n) is 5.36. The van der Waals surface area contributed by atoms with Crippen LogP contribution in [0.2, 0.25) is 0 Å². The zero-order valence-electron chi connectivity index (χ0n) is 20.1. The molecule has 2 aliphatic rings. The first-order valence-electron chi connectivity index (χ1n) is 12.6. The number of nitrogens with zero attached hydrogens (tertiary/aromatic N) is 1. The van der Waals surface area contributed by atoms with Gasteiger partial charge in [0.15, 0.2) is 0 Å². The zero-order valence-corrected chi connectivity index (χ0v) is 20.1. The third-order valence-electron chi connectivity index (χ3n) is 7.14. The van der Waals surface area contributed by atoms with Gasteiger partial charge in [-0.1, -0.05) is 91.0 Å².